The molecule has 2 heterocycles. The van der Waals surface area contributed by atoms with E-state index in [9.17, 15) is 0 Å². The predicted octanol–water partition coefficient (Wildman–Crippen LogP) is 3.22. The Morgan fingerprint density at radius 3 is 2.28 bits per heavy atom. The second-order valence-electron chi connectivity index (χ2n) is 6.37. The molecule has 1 aliphatic heterocycles. The van der Waals surface area contributed by atoms with E-state index in [1.807, 2.05) is 6.07 Å². The average molecular weight is 421 g/mol. The number of carbonyl (C=O) groups is 1. The summed E-state index contributed by atoms with van der Waals surface area (Å²) in [5.74, 6) is 1.09. The number of hydrogen-bond donors (Lipinski definition) is 2. The van der Waals surface area contributed by atoms with E-state index in [2.05, 4.69) is 46.1 Å². The Bertz CT molecular complexity index is 631. The fraction of sp³-hybridized carbons (Fsp3) is 0.444. The summed E-state index contributed by atoms with van der Waals surface area (Å²) in [7, 11) is 0. The molecule has 6 nitrogen and oxygen atoms in total. The summed E-state index contributed by atoms with van der Waals surface area (Å²) >= 11 is 0. The fourth-order valence-electron chi connectivity index (χ4n) is 2.21. The van der Waals surface area contributed by atoms with Gasteiger partial charge in [-0.3, -0.25) is 4.79 Å². The van der Waals surface area contributed by atoms with Crippen LogP contribution >= 0.6 is 0 Å². The summed E-state index contributed by atoms with van der Waals surface area (Å²) in [6.07, 6.45) is 0. The second kappa shape index (κ2) is 11.5. The first-order chi connectivity index (χ1) is 11.3. The number of rotatable bonds is 1. The molecule has 0 amide bonds. The van der Waals surface area contributed by atoms with E-state index in [1.54, 1.807) is 20.8 Å². The molecule has 0 bridgehead atoms. The first-order valence-corrected chi connectivity index (χ1v) is 7.82. The Morgan fingerprint density at radius 1 is 1.24 bits per heavy atom. The molecule has 1 aliphatic rings. The zero-order chi connectivity index (χ0) is 18.2. The van der Waals surface area contributed by atoms with E-state index >= 15 is 0 Å². The van der Waals surface area contributed by atoms with Gasteiger partial charge in [-0.05, 0) is 27.7 Å². The summed E-state index contributed by atoms with van der Waals surface area (Å²) < 4.78 is 2.30. The molecule has 7 heteroatoms. The molecule has 0 fully saturated rings. The van der Waals surface area contributed by atoms with Crippen LogP contribution in [0.2, 0.25) is 0 Å². The number of aliphatic hydroxyl groups is 1. The van der Waals surface area contributed by atoms with E-state index in [0.717, 1.165) is 31.2 Å². The molecule has 25 heavy (non-hydrogen) atoms. The van der Waals surface area contributed by atoms with E-state index < -0.39 is 5.60 Å². The molecule has 3 rings (SSSR count). The van der Waals surface area contributed by atoms with E-state index in [0.29, 0.717) is 0 Å². The predicted molar refractivity (Wildman–Crippen MR) is 95.0 cm³/mol. The van der Waals surface area contributed by atoms with Crippen molar-refractivity contribution in [3.05, 3.63) is 47.0 Å². The number of carboxylic acid groups (broad SMARTS) is 1. The van der Waals surface area contributed by atoms with Gasteiger partial charge in [0.05, 0.1) is 11.3 Å². The van der Waals surface area contributed by atoms with Crippen LogP contribution in [0.1, 0.15) is 32.2 Å². The van der Waals surface area contributed by atoms with E-state index in [-0.39, 0.29) is 39.2 Å². The molecule has 1 radical (unpaired) electrons. The molecule has 1 aromatic heterocycles. The maximum Gasteiger partial charge on any atom is 0.290 e. The number of hydrogen-bond acceptors (Lipinski definition) is 3. The molecule has 0 saturated heterocycles. The number of fused-ring (bicyclic) bond motifs is 1. The van der Waals surface area contributed by atoms with Gasteiger partial charge in [0.15, 0.2) is 0 Å². The first kappa shape index (κ1) is 23.9. The third-order valence-electron chi connectivity index (χ3n) is 3.05. The van der Waals surface area contributed by atoms with Crippen molar-refractivity contribution in [3.63, 3.8) is 0 Å². The van der Waals surface area contributed by atoms with Crippen molar-refractivity contribution in [2.24, 2.45) is 0 Å². The number of nitrogens with zero attached hydrogens (tertiary/aromatic N) is 3. The minimum Gasteiger partial charge on any atom is -0.656 e. The minimum absolute atomic E-state index is 0. The third-order valence-corrected chi connectivity index (χ3v) is 3.05. The average Bonchev–Trinajstić information content (AvgIpc) is 2.85. The number of aromatic nitrogens is 2. The van der Waals surface area contributed by atoms with Crippen LogP contribution in [0.3, 0.4) is 0 Å². The standard InChI is InChI=1S/C13H14N3.C4H10O.CH2O2.Y/c1-10-12-9-14-7-8-16(12)13(15-10)11-5-3-2-4-6-11;1-4(2,3)5;2-1-3;/h2-6H,7-9H2,1H3;5H,1-3H3;1H,(H,2,3);/q-1;;;. The maximum absolute atomic E-state index is 8.52. The van der Waals surface area contributed by atoms with Crippen molar-refractivity contribution < 1.29 is 47.7 Å². The van der Waals surface area contributed by atoms with Crippen molar-refractivity contribution in [2.45, 2.75) is 46.4 Å². The van der Waals surface area contributed by atoms with Crippen LogP contribution in [0, 0.1) is 6.92 Å². The topological polar surface area (TPSA) is 89.5 Å². The number of aryl methyl sites for hydroxylation is 1. The van der Waals surface area contributed by atoms with Crippen molar-refractivity contribution in [1.29, 1.82) is 0 Å². The van der Waals surface area contributed by atoms with Gasteiger partial charge in [0.25, 0.3) is 6.47 Å². The monoisotopic (exact) mass is 421 g/mol. The molecule has 135 valence electrons. The van der Waals surface area contributed by atoms with Crippen molar-refractivity contribution >= 4 is 6.47 Å². The maximum atomic E-state index is 8.52. The van der Waals surface area contributed by atoms with Crippen LogP contribution in [-0.4, -0.2) is 38.4 Å². The SMILES string of the molecule is CC(C)(C)O.Cc1nc(-c2ccccc2)n2c1C[N-]CC2.O=CO.[Y]. The quantitative estimate of drug-likeness (QED) is 0.692. The van der Waals surface area contributed by atoms with Gasteiger partial charge in [-0.25, -0.2) is 4.98 Å². The summed E-state index contributed by atoms with van der Waals surface area (Å²) in [5, 5.41) is 19.8. The first-order valence-electron chi connectivity index (χ1n) is 7.82. The molecule has 0 aliphatic carbocycles. The molecule has 0 spiro atoms. The Hall–Kier alpha value is -1.08. The Kier molecular flexibility index (Phi) is 11.0. The van der Waals surface area contributed by atoms with Crippen molar-refractivity contribution in [1.82, 2.24) is 9.55 Å². The molecule has 0 saturated carbocycles. The van der Waals surface area contributed by atoms with Gasteiger partial charge in [0.2, 0.25) is 0 Å². The minimum atomic E-state index is -0.500. The molecule has 1 aromatic carbocycles. The summed E-state index contributed by atoms with van der Waals surface area (Å²) in [6.45, 7) is 9.72. The van der Waals surface area contributed by atoms with Crippen LogP contribution in [0.15, 0.2) is 30.3 Å². The van der Waals surface area contributed by atoms with Gasteiger partial charge in [-0.2, -0.15) is 0 Å². The smallest absolute Gasteiger partial charge is 0.290 e. The van der Waals surface area contributed by atoms with Crippen LogP contribution in [0.5, 0.6) is 0 Å². The van der Waals surface area contributed by atoms with Gasteiger partial charge in [0.1, 0.15) is 5.82 Å². The van der Waals surface area contributed by atoms with E-state index in [1.165, 1.54) is 11.3 Å². The molecule has 0 atom stereocenters. The van der Waals surface area contributed by atoms with Crippen molar-refractivity contribution in [3.8, 4) is 11.4 Å². The van der Waals surface area contributed by atoms with Gasteiger partial charge < -0.3 is 20.1 Å². The van der Waals surface area contributed by atoms with Gasteiger partial charge >= 0.3 is 0 Å². The van der Waals surface area contributed by atoms with Gasteiger partial charge in [-0.15, -0.1) is 13.1 Å². The Labute approximate surface area is 174 Å². The molecule has 0 unspecified atom stereocenters. The Balaban J connectivity index is 0.000000550. The number of benzene rings is 1. The van der Waals surface area contributed by atoms with Crippen LogP contribution < -0.4 is 0 Å². The summed E-state index contributed by atoms with van der Waals surface area (Å²) in [4.78, 5) is 13.0. The van der Waals surface area contributed by atoms with Crippen LogP contribution in [0.25, 0.3) is 16.7 Å². The van der Waals surface area contributed by atoms with E-state index in [4.69, 9.17) is 15.0 Å². The van der Waals surface area contributed by atoms with Gasteiger partial charge in [0, 0.05) is 50.5 Å². The Morgan fingerprint density at radius 2 is 1.76 bits per heavy atom. The summed E-state index contributed by atoms with van der Waals surface area (Å²) in [6, 6.07) is 10.4. The number of imidazole rings is 1. The molecule has 2 aromatic rings. The summed E-state index contributed by atoms with van der Waals surface area (Å²) in [5.41, 5.74) is 3.08. The molecule has 2 N–H and O–H groups in total. The normalized spacial score (nSPS) is 12.4. The van der Waals surface area contributed by atoms with Gasteiger partial charge in [-0.1, -0.05) is 30.3 Å². The van der Waals surface area contributed by atoms with Crippen molar-refractivity contribution in [2.75, 3.05) is 6.54 Å². The van der Waals surface area contributed by atoms with Crippen LogP contribution in [0.4, 0.5) is 0 Å². The third kappa shape index (κ3) is 8.72. The molecular formula is C18H26N3O3Y-. The second-order valence-corrected chi connectivity index (χ2v) is 6.37. The zero-order valence-electron chi connectivity index (χ0n) is 15.3. The zero-order valence-corrected chi connectivity index (χ0v) is 18.1. The molecular weight excluding hydrogens is 395 g/mol. The fourth-order valence-corrected chi connectivity index (χ4v) is 2.21. The largest absolute Gasteiger partial charge is 0.656 e. The van der Waals surface area contributed by atoms with Crippen LogP contribution in [-0.2, 0) is 50.6 Å².